The number of nitrogens with one attached hydrogen (secondary N) is 1. The van der Waals surface area contributed by atoms with Gasteiger partial charge in [-0.25, -0.2) is 0 Å². The maximum Gasteiger partial charge on any atom is 0.194 e. The second kappa shape index (κ2) is 12.7. The van der Waals surface area contributed by atoms with Crippen molar-refractivity contribution in [2.45, 2.75) is 39.8 Å². The third-order valence-corrected chi connectivity index (χ3v) is 6.06. The van der Waals surface area contributed by atoms with Gasteiger partial charge in [-0.05, 0) is 42.5 Å². The Balaban J connectivity index is 0.00000341. The van der Waals surface area contributed by atoms with Crippen molar-refractivity contribution in [3.63, 3.8) is 0 Å². The van der Waals surface area contributed by atoms with Gasteiger partial charge in [-0.2, -0.15) is 0 Å². The van der Waals surface area contributed by atoms with E-state index in [1.54, 1.807) is 14.2 Å². The number of rotatable bonds is 7. The van der Waals surface area contributed by atoms with Crippen LogP contribution in [0.3, 0.4) is 0 Å². The number of nitrogens with zero attached hydrogens (tertiary/aromatic N) is 3. The summed E-state index contributed by atoms with van der Waals surface area (Å²) in [5.74, 6) is 3.13. The molecule has 2 aliphatic rings. The number of benzene rings is 1. The summed E-state index contributed by atoms with van der Waals surface area (Å²) in [5.41, 5.74) is 2.60. The van der Waals surface area contributed by atoms with Gasteiger partial charge in [-0.1, -0.05) is 13.8 Å². The van der Waals surface area contributed by atoms with Gasteiger partial charge in [0.05, 0.1) is 34.0 Å². The van der Waals surface area contributed by atoms with Gasteiger partial charge in [0.2, 0.25) is 0 Å². The SMILES string of the molecule is CCNC(=NCC(C(C)C)N1CCOCC1)N1CCc2cc(OC)c(OC)cc2C1.I. The molecule has 0 radical (unpaired) electrons. The molecular weight excluding hydrogens is 507 g/mol. The molecule has 1 unspecified atom stereocenters. The molecular formula is C23H39IN4O3. The molecule has 1 saturated heterocycles. The van der Waals surface area contributed by atoms with Crippen molar-refractivity contribution in [2.75, 3.05) is 60.2 Å². The van der Waals surface area contributed by atoms with E-state index in [2.05, 4.69) is 48.0 Å². The molecule has 1 aromatic rings. The minimum Gasteiger partial charge on any atom is -0.493 e. The number of halogens is 1. The molecule has 3 rings (SSSR count). The molecule has 2 aliphatic heterocycles. The monoisotopic (exact) mass is 546 g/mol. The zero-order valence-corrected chi connectivity index (χ0v) is 22.0. The molecule has 0 saturated carbocycles. The van der Waals surface area contributed by atoms with Crippen molar-refractivity contribution in [1.82, 2.24) is 15.1 Å². The molecule has 8 heteroatoms. The normalized spacial score (nSPS) is 18.3. The van der Waals surface area contributed by atoms with Crippen molar-refractivity contribution < 1.29 is 14.2 Å². The smallest absolute Gasteiger partial charge is 0.194 e. The Morgan fingerprint density at radius 3 is 2.32 bits per heavy atom. The molecule has 31 heavy (non-hydrogen) atoms. The minimum absolute atomic E-state index is 0. The van der Waals surface area contributed by atoms with E-state index < -0.39 is 0 Å². The maximum atomic E-state index is 5.54. The largest absolute Gasteiger partial charge is 0.493 e. The van der Waals surface area contributed by atoms with Gasteiger partial charge in [-0.15, -0.1) is 24.0 Å². The van der Waals surface area contributed by atoms with Crippen molar-refractivity contribution in [3.05, 3.63) is 23.3 Å². The standard InChI is InChI=1S/C23H38N4O3.HI/c1-6-24-23(25-15-20(17(2)3)26-9-11-30-12-10-26)27-8-7-18-13-21(28-4)22(29-5)14-19(18)16-27;/h13-14,17,20H,6-12,15-16H2,1-5H3,(H,24,25);1H. The third-order valence-electron chi connectivity index (χ3n) is 6.06. The van der Waals surface area contributed by atoms with E-state index in [4.69, 9.17) is 19.2 Å². The van der Waals surface area contributed by atoms with Gasteiger partial charge in [-0.3, -0.25) is 9.89 Å². The molecule has 1 fully saturated rings. The average Bonchev–Trinajstić information content (AvgIpc) is 2.77. The first-order valence-corrected chi connectivity index (χ1v) is 11.2. The van der Waals surface area contributed by atoms with Crippen molar-refractivity contribution in [2.24, 2.45) is 10.9 Å². The highest BCUT2D eigenvalue weighted by molar-refractivity contribution is 14.0. The lowest BCUT2D eigenvalue weighted by atomic mass is 9.99. The number of hydrogen-bond donors (Lipinski definition) is 1. The predicted octanol–water partition coefficient (Wildman–Crippen LogP) is 3.00. The average molecular weight is 546 g/mol. The Hall–Kier alpha value is -1.26. The van der Waals surface area contributed by atoms with Crippen LogP contribution in [0.2, 0.25) is 0 Å². The second-order valence-corrected chi connectivity index (χ2v) is 8.30. The molecule has 0 bridgehead atoms. The lowest BCUT2D eigenvalue weighted by Gasteiger charge is -2.37. The lowest BCUT2D eigenvalue weighted by molar-refractivity contribution is 0.00862. The summed E-state index contributed by atoms with van der Waals surface area (Å²) >= 11 is 0. The van der Waals surface area contributed by atoms with E-state index in [9.17, 15) is 0 Å². The Bertz CT molecular complexity index is 723. The van der Waals surface area contributed by atoms with E-state index in [1.807, 2.05) is 0 Å². The van der Waals surface area contributed by atoms with Crippen LogP contribution in [0.5, 0.6) is 11.5 Å². The summed E-state index contributed by atoms with van der Waals surface area (Å²) in [5, 5.41) is 3.51. The number of fused-ring (bicyclic) bond motifs is 1. The van der Waals surface area contributed by atoms with E-state index in [1.165, 1.54) is 11.1 Å². The van der Waals surface area contributed by atoms with E-state index in [0.717, 1.165) is 76.4 Å². The van der Waals surface area contributed by atoms with Gasteiger partial charge in [0.1, 0.15) is 0 Å². The fraction of sp³-hybridized carbons (Fsp3) is 0.696. The first kappa shape index (κ1) is 26.0. The minimum atomic E-state index is 0. The van der Waals surface area contributed by atoms with Crippen LogP contribution < -0.4 is 14.8 Å². The van der Waals surface area contributed by atoms with Gasteiger partial charge in [0.25, 0.3) is 0 Å². The van der Waals surface area contributed by atoms with Crippen molar-refractivity contribution in [1.29, 1.82) is 0 Å². The molecule has 0 amide bonds. The summed E-state index contributed by atoms with van der Waals surface area (Å²) in [6.07, 6.45) is 0.969. The fourth-order valence-corrected chi connectivity index (χ4v) is 4.33. The van der Waals surface area contributed by atoms with Crippen LogP contribution in [-0.2, 0) is 17.7 Å². The fourth-order valence-electron chi connectivity index (χ4n) is 4.33. The van der Waals surface area contributed by atoms with Crippen LogP contribution >= 0.6 is 24.0 Å². The number of morpholine rings is 1. The van der Waals surface area contributed by atoms with Crippen LogP contribution in [0.4, 0.5) is 0 Å². The molecule has 0 spiro atoms. The van der Waals surface area contributed by atoms with Gasteiger partial charge >= 0.3 is 0 Å². The lowest BCUT2D eigenvalue weighted by Crippen LogP contribution is -2.49. The molecule has 7 nitrogen and oxygen atoms in total. The predicted molar refractivity (Wildman–Crippen MR) is 136 cm³/mol. The second-order valence-electron chi connectivity index (χ2n) is 8.30. The maximum absolute atomic E-state index is 5.54. The first-order valence-electron chi connectivity index (χ1n) is 11.2. The Kier molecular flexibility index (Phi) is 10.6. The first-order chi connectivity index (χ1) is 14.6. The zero-order valence-electron chi connectivity index (χ0n) is 19.6. The summed E-state index contributed by atoms with van der Waals surface area (Å²) in [6, 6.07) is 4.65. The molecule has 0 aromatic heterocycles. The zero-order chi connectivity index (χ0) is 21.5. The van der Waals surface area contributed by atoms with E-state index >= 15 is 0 Å². The van der Waals surface area contributed by atoms with Gasteiger partial charge in [0.15, 0.2) is 17.5 Å². The quantitative estimate of drug-likeness (QED) is 0.323. The third kappa shape index (κ3) is 6.61. The summed E-state index contributed by atoms with van der Waals surface area (Å²) in [4.78, 5) is 9.96. The highest BCUT2D eigenvalue weighted by Crippen LogP contribution is 2.33. The van der Waals surface area contributed by atoms with Crippen LogP contribution in [-0.4, -0.2) is 82.0 Å². The molecule has 1 atom stereocenters. The summed E-state index contributed by atoms with van der Waals surface area (Å²) < 4.78 is 16.5. The number of hydrogen-bond acceptors (Lipinski definition) is 5. The van der Waals surface area contributed by atoms with Crippen molar-refractivity contribution >= 4 is 29.9 Å². The van der Waals surface area contributed by atoms with Crippen LogP contribution in [0.1, 0.15) is 31.9 Å². The van der Waals surface area contributed by atoms with Crippen LogP contribution in [0.15, 0.2) is 17.1 Å². The topological polar surface area (TPSA) is 58.6 Å². The van der Waals surface area contributed by atoms with E-state index in [0.29, 0.717) is 12.0 Å². The van der Waals surface area contributed by atoms with Gasteiger partial charge < -0.3 is 24.4 Å². The molecule has 1 aromatic carbocycles. The molecule has 176 valence electrons. The van der Waals surface area contributed by atoms with Crippen LogP contribution in [0, 0.1) is 5.92 Å². The highest BCUT2D eigenvalue weighted by atomic mass is 127. The Morgan fingerprint density at radius 2 is 1.74 bits per heavy atom. The Morgan fingerprint density at radius 1 is 1.10 bits per heavy atom. The molecule has 1 N–H and O–H groups in total. The van der Waals surface area contributed by atoms with Gasteiger partial charge in [0, 0.05) is 38.8 Å². The number of aliphatic imine (C=N–C) groups is 1. The van der Waals surface area contributed by atoms with Crippen LogP contribution in [0.25, 0.3) is 0 Å². The van der Waals surface area contributed by atoms with Crippen molar-refractivity contribution in [3.8, 4) is 11.5 Å². The summed E-state index contributed by atoms with van der Waals surface area (Å²) in [7, 11) is 3.38. The number of guanidine groups is 1. The molecule has 2 heterocycles. The number of ether oxygens (including phenoxy) is 3. The molecule has 0 aliphatic carbocycles. The Labute approximate surface area is 204 Å². The van der Waals surface area contributed by atoms with E-state index in [-0.39, 0.29) is 24.0 Å². The number of methoxy groups -OCH3 is 2. The highest BCUT2D eigenvalue weighted by Gasteiger charge is 2.25. The summed E-state index contributed by atoms with van der Waals surface area (Å²) in [6.45, 7) is 13.8.